The van der Waals surface area contributed by atoms with E-state index in [-0.39, 0.29) is 24.8 Å². The smallest absolute Gasteiger partial charge is 0.0771 e. The van der Waals surface area contributed by atoms with Crippen LogP contribution in [-0.4, -0.2) is 3.21 Å². The molecular formula is C27H32Cl2Zr-2. The topological polar surface area (TPSA) is 0 Å². The first-order chi connectivity index (χ1) is 13.2. The summed E-state index contributed by atoms with van der Waals surface area (Å²) in [4.78, 5) is 0. The van der Waals surface area contributed by atoms with Crippen molar-refractivity contribution in [1.82, 2.24) is 0 Å². The number of hydrogen-bond donors (Lipinski definition) is 0. The Bertz CT molecular complexity index is 932. The van der Waals surface area contributed by atoms with E-state index in [9.17, 15) is 0 Å². The number of benzene rings is 2. The third-order valence-corrected chi connectivity index (χ3v) is 4.66. The summed E-state index contributed by atoms with van der Waals surface area (Å²) >= 11 is 1.55. The Morgan fingerprint density at radius 3 is 1.70 bits per heavy atom. The van der Waals surface area contributed by atoms with E-state index in [1.165, 1.54) is 36.7 Å². The molecule has 0 radical (unpaired) electrons. The van der Waals surface area contributed by atoms with Gasteiger partial charge in [0, 0.05) is 0 Å². The second-order valence-electron chi connectivity index (χ2n) is 8.52. The Morgan fingerprint density at radius 2 is 1.37 bits per heavy atom. The summed E-state index contributed by atoms with van der Waals surface area (Å²) in [5.74, 6) is 0.573. The molecule has 3 aromatic carbocycles. The molecule has 3 aromatic rings. The Labute approximate surface area is 210 Å². The van der Waals surface area contributed by atoms with Crippen molar-refractivity contribution in [3.8, 4) is 0 Å². The number of allylic oxidation sites excluding steroid dienone is 4. The molecule has 1 aliphatic carbocycles. The van der Waals surface area contributed by atoms with E-state index in [0.717, 1.165) is 0 Å². The molecule has 3 heteroatoms. The molecule has 30 heavy (non-hydrogen) atoms. The van der Waals surface area contributed by atoms with Gasteiger partial charge < -0.3 is 24.8 Å². The number of halogens is 2. The van der Waals surface area contributed by atoms with E-state index in [1.54, 1.807) is 24.2 Å². The molecule has 1 atom stereocenters. The monoisotopic (exact) mass is 516 g/mol. The molecular weight excluding hydrogens is 486 g/mol. The summed E-state index contributed by atoms with van der Waals surface area (Å²) in [5.41, 5.74) is 1.74. The minimum Gasteiger partial charge on any atom is -1.00 e. The van der Waals surface area contributed by atoms with Crippen molar-refractivity contribution in [2.45, 2.75) is 48.0 Å². The summed E-state index contributed by atoms with van der Waals surface area (Å²) in [6.45, 7) is 13.2. The van der Waals surface area contributed by atoms with Gasteiger partial charge >= 0.3 is 41.3 Å². The Balaban J connectivity index is 0.000000457. The first-order valence-corrected chi connectivity index (χ1v) is 11.3. The quantitative estimate of drug-likeness (QED) is 0.432. The third-order valence-electron chi connectivity index (χ3n) is 4.66. The average Bonchev–Trinajstić information content (AvgIpc) is 3.26. The van der Waals surface area contributed by atoms with Crippen LogP contribution in [0.15, 0.2) is 72.3 Å². The van der Waals surface area contributed by atoms with Crippen molar-refractivity contribution in [2.75, 3.05) is 0 Å². The van der Waals surface area contributed by atoms with Crippen LogP contribution in [0.3, 0.4) is 0 Å². The first kappa shape index (κ1) is 29.1. The van der Waals surface area contributed by atoms with Crippen LogP contribution in [0.5, 0.6) is 0 Å². The second-order valence-corrected chi connectivity index (χ2v) is 11.0. The van der Waals surface area contributed by atoms with E-state index in [0.29, 0.717) is 11.3 Å². The van der Waals surface area contributed by atoms with E-state index in [2.05, 4.69) is 114 Å². The summed E-state index contributed by atoms with van der Waals surface area (Å²) < 4.78 is 1.51. The fraction of sp³-hybridized carbons (Fsp3) is 0.333. The van der Waals surface area contributed by atoms with Gasteiger partial charge in [0.2, 0.25) is 0 Å². The van der Waals surface area contributed by atoms with Gasteiger partial charge in [0.05, 0.1) is 0 Å². The normalized spacial score (nSPS) is 14.5. The fourth-order valence-corrected chi connectivity index (χ4v) is 3.12. The molecule has 0 fully saturated rings. The van der Waals surface area contributed by atoms with E-state index >= 15 is 0 Å². The van der Waals surface area contributed by atoms with Crippen molar-refractivity contribution in [3.63, 3.8) is 0 Å². The fourth-order valence-electron chi connectivity index (χ4n) is 3.12. The van der Waals surface area contributed by atoms with E-state index in [1.807, 2.05) is 0 Å². The maximum atomic E-state index is 3.35. The van der Waals surface area contributed by atoms with E-state index in [4.69, 9.17) is 0 Å². The van der Waals surface area contributed by atoms with Crippen molar-refractivity contribution in [1.29, 1.82) is 0 Å². The SMILES string of the molecule is CCC1[C-]=CC(C(C)(C)C)=C1.C[C](C)=[Zr+2].[Cl-].[Cl-].c1ccc2c(c1)[cH-]c1ccccc12. The molecule has 0 saturated heterocycles. The van der Waals surface area contributed by atoms with Gasteiger partial charge in [0.25, 0.3) is 0 Å². The van der Waals surface area contributed by atoms with Crippen molar-refractivity contribution >= 4 is 24.8 Å². The zero-order chi connectivity index (χ0) is 20.7. The molecule has 0 saturated carbocycles. The Kier molecular flexibility index (Phi) is 13.1. The van der Waals surface area contributed by atoms with Crippen LogP contribution in [0.2, 0.25) is 0 Å². The second kappa shape index (κ2) is 13.5. The van der Waals surface area contributed by atoms with Crippen molar-refractivity contribution in [2.24, 2.45) is 11.3 Å². The van der Waals surface area contributed by atoms with Crippen LogP contribution in [0.4, 0.5) is 0 Å². The van der Waals surface area contributed by atoms with Gasteiger partial charge in [-0.25, -0.2) is 6.08 Å². The molecule has 0 aliphatic heterocycles. The predicted molar refractivity (Wildman–Crippen MR) is 123 cm³/mol. The molecule has 4 rings (SSSR count). The van der Waals surface area contributed by atoms with Gasteiger partial charge in [-0.15, -0.1) is 39.7 Å². The summed E-state index contributed by atoms with van der Waals surface area (Å²) in [6.07, 6.45) is 9.00. The molecule has 0 bridgehead atoms. The Morgan fingerprint density at radius 1 is 0.933 bits per heavy atom. The number of rotatable bonds is 1. The van der Waals surface area contributed by atoms with Gasteiger partial charge in [0.15, 0.2) is 0 Å². The van der Waals surface area contributed by atoms with Crippen molar-refractivity contribution < 1.29 is 49.0 Å². The van der Waals surface area contributed by atoms with Crippen LogP contribution in [0.1, 0.15) is 48.0 Å². The first-order valence-electron chi connectivity index (χ1n) is 10.1. The zero-order valence-electron chi connectivity index (χ0n) is 18.9. The van der Waals surface area contributed by atoms with Gasteiger partial charge in [-0.3, -0.25) is 6.08 Å². The average molecular weight is 519 g/mol. The van der Waals surface area contributed by atoms with Crippen molar-refractivity contribution in [3.05, 3.63) is 78.4 Å². The van der Waals surface area contributed by atoms with Crippen LogP contribution >= 0.6 is 0 Å². The maximum absolute atomic E-state index is 3.35. The predicted octanol–water partition coefficient (Wildman–Crippen LogP) is 1.82. The van der Waals surface area contributed by atoms with Gasteiger partial charge in [0.1, 0.15) is 0 Å². The number of hydrogen-bond acceptors (Lipinski definition) is 0. The molecule has 1 aliphatic rings. The minimum atomic E-state index is 0. The maximum Gasteiger partial charge on any atom is -0.0771 e. The van der Waals surface area contributed by atoms with Crippen LogP contribution in [-0.2, 0) is 24.2 Å². The molecule has 160 valence electrons. The van der Waals surface area contributed by atoms with Crippen LogP contribution < -0.4 is 24.8 Å². The minimum absolute atomic E-state index is 0. The van der Waals surface area contributed by atoms with E-state index < -0.39 is 0 Å². The summed E-state index contributed by atoms with van der Waals surface area (Å²) in [6, 6.07) is 19.3. The Hall–Kier alpha value is -0.877. The largest absolute Gasteiger partial charge is 1.00 e. The van der Waals surface area contributed by atoms with Gasteiger partial charge in [-0.2, -0.15) is 11.6 Å². The molecule has 0 aromatic heterocycles. The standard InChI is InChI=1S/C13H9.C11H17.C3H6.2ClH.Zr/c1-3-7-12-10(5-1)9-11-6-2-4-8-13(11)12;1-5-9-6-7-10(8-9)11(2,3)4;1-3-2;;;/h1-9H;7-9H,5H2,1-4H3;1-2H3;2*1H;/q2*-1;;;;+2/p-2. The molecule has 0 N–H and O–H groups in total. The molecule has 0 nitrogen and oxygen atoms in total. The molecule has 1 unspecified atom stereocenters. The van der Waals surface area contributed by atoms with Gasteiger partial charge in [-0.05, 0) is 0 Å². The van der Waals surface area contributed by atoms with Gasteiger partial charge in [-0.1, -0.05) is 81.8 Å². The third kappa shape index (κ3) is 8.70. The number of fused-ring (bicyclic) bond motifs is 3. The summed E-state index contributed by atoms with van der Waals surface area (Å²) in [5, 5.41) is 5.39. The van der Waals surface area contributed by atoms with Crippen LogP contribution in [0, 0.1) is 17.4 Å². The summed E-state index contributed by atoms with van der Waals surface area (Å²) in [7, 11) is 0. The van der Waals surface area contributed by atoms with Crippen LogP contribution in [0.25, 0.3) is 21.5 Å². The molecule has 0 heterocycles. The zero-order valence-corrected chi connectivity index (χ0v) is 22.9. The molecule has 0 spiro atoms. The molecule has 0 amide bonds.